The van der Waals surface area contributed by atoms with E-state index in [2.05, 4.69) is 18.0 Å². The molecule has 0 saturated heterocycles. The molecule has 2 heterocycles. The lowest BCUT2D eigenvalue weighted by molar-refractivity contribution is 0.0697. The highest BCUT2D eigenvalue weighted by molar-refractivity contribution is 6.03. The molecule has 3 aromatic rings. The van der Waals surface area contributed by atoms with Gasteiger partial charge >= 0.3 is 5.97 Å². The van der Waals surface area contributed by atoms with Crippen LogP contribution in [0, 0.1) is 6.92 Å². The number of aryl methyl sites for hydroxylation is 1. The van der Waals surface area contributed by atoms with Crippen molar-refractivity contribution in [3.8, 4) is 0 Å². The highest BCUT2D eigenvalue weighted by Crippen LogP contribution is 2.59. The maximum absolute atomic E-state index is 11.5. The van der Waals surface area contributed by atoms with Gasteiger partial charge in [-0.2, -0.15) is 0 Å². The van der Waals surface area contributed by atoms with Crippen LogP contribution in [0.4, 0.5) is 0 Å². The molecule has 2 atom stereocenters. The van der Waals surface area contributed by atoms with Gasteiger partial charge in [0, 0.05) is 22.7 Å². The summed E-state index contributed by atoms with van der Waals surface area (Å²) in [6.45, 7) is 3.90. The van der Waals surface area contributed by atoms with Crippen molar-refractivity contribution in [1.82, 2.24) is 4.98 Å². The number of hydrogen-bond donors (Lipinski definition) is 1. The molecule has 116 valence electrons. The Kier molecular flexibility index (Phi) is 2.85. The molecule has 1 aliphatic carbocycles. The van der Waals surface area contributed by atoms with Crippen LogP contribution in [0.3, 0.4) is 0 Å². The zero-order valence-corrected chi connectivity index (χ0v) is 13.0. The van der Waals surface area contributed by atoms with E-state index in [0.29, 0.717) is 22.6 Å². The van der Waals surface area contributed by atoms with E-state index >= 15 is 0 Å². The van der Waals surface area contributed by atoms with Crippen LogP contribution in [-0.4, -0.2) is 16.1 Å². The van der Waals surface area contributed by atoms with E-state index in [1.54, 1.807) is 6.92 Å². The summed E-state index contributed by atoms with van der Waals surface area (Å²) < 4.78 is 5.56. The number of fused-ring (bicyclic) bond motifs is 1. The fourth-order valence-electron chi connectivity index (χ4n) is 3.55. The standard InChI is InChI=1S/C19H17NO3/c1-11-17(18(21)22)13-9-12(6-7-15(13)23-11)14-10-19(14,2)16-5-3-4-8-20-16/h3-9,14H,10H2,1-2H3,(H,21,22)/t14-,19-/m0/s1. The van der Waals surface area contributed by atoms with Gasteiger partial charge in [0.2, 0.25) is 0 Å². The number of hydrogen-bond acceptors (Lipinski definition) is 3. The van der Waals surface area contributed by atoms with Crippen molar-refractivity contribution in [3.63, 3.8) is 0 Å². The Morgan fingerprint density at radius 1 is 1.35 bits per heavy atom. The highest BCUT2D eigenvalue weighted by atomic mass is 16.4. The average Bonchev–Trinajstić information content (AvgIpc) is 3.12. The van der Waals surface area contributed by atoms with Gasteiger partial charge in [0.1, 0.15) is 16.9 Å². The number of carbonyl (C=O) groups is 1. The average molecular weight is 307 g/mol. The van der Waals surface area contributed by atoms with E-state index in [9.17, 15) is 9.90 Å². The van der Waals surface area contributed by atoms with Gasteiger partial charge < -0.3 is 9.52 Å². The van der Waals surface area contributed by atoms with Crippen LogP contribution in [0.15, 0.2) is 47.0 Å². The van der Waals surface area contributed by atoms with Crippen molar-refractivity contribution in [2.45, 2.75) is 31.6 Å². The molecule has 4 nitrogen and oxygen atoms in total. The second-order valence-electron chi connectivity index (χ2n) is 6.48. The van der Waals surface area contributed by atoms with Crippen LogP contribution >= 0.6 is 0 Å². The highest BCUT2D eigenvalue weighted by Gasteiger charge is 2.53. The number of aromatic nitrogens is 1. The molecule has 0 unspecified atom stereocenters. The van der Waals surface area contributed by atoms with Crippen LogP contribution < -0.4 is 0 Å². The van der Waals surface area contributed by atoms with Gasteiger partial charge in [-0.3, -0.25) is 4.98 Å². The minimum absolute atomic E-state index is 0.0249. The van der Waals surface area contributed by atoms with Crippen molar-refractivity contribution in [2.24, 2.45) is 0 Å². The molecule has 0 aliphatic heterocycles. The molecular formula is C19H17NO3. The molecule has 1 aromatic carbocycles. The molecule has 1 aliphatic rings. The van der Waals surface area contributed by atoms with E-state index < -0.39 is 5.97 Å². The first-order valence-corrected chi connectivity index (χ1v) is 7.68. The van der Waals surface area contributed by atoms with Gasteiger partial charge in [-0.1, -0.05) is 19.1 Å². The lowest BCUT2D eigenvalue weighted by atomic mass is 9.96. The zero-order chi connectivity index (χ0) is 16.2. The van der Waals surface area contributed by atoms with E-state index in [4.69, 9.17) is 4.42 Å². The third-order valence-corrected chi connectivity index (χ3v) is 4.99. The van der Waals surface area contributed by atoms with Gasteiger partial charge in [-0.05, 0) is 49.1 Å². The minimum Gasteiger partial charge on any atom is -0.478 e. The molecule has 4 heteroatoms. The third kappa shape index (κ3) is 2.05. The number of nitrogens with zero attached hydrogens (tertiary/aromatic N) is 1. The Morgan fingerprint density at radius 3 is 2.87 bits per heavy atom. The van der Waals surface area contributed by atoms with Crippen LogP contribution in [0.2, 0.25) is 0 Å². The maximum Gasteiger partial charge on any atom is 0.339 e. The van der Waals surface area contributed by atoms with Crippen LogP contribution in [0.5, 0.6) is 0 Å². The summed E-state index contributed by atoms with van der Waals surface area (Å²) in [4.78, 5) is 16.0. The van der Waals surface area contributed by atoms with Crippen LogP contribution in [-0.2, 0) is 5.41 Å². The van der Waals surface area contributed by atoms with Gasteiger partial charge in [0.05, 0.1) is 0 Å². The molecule has 0 amide bonds. The topological polar surface area (TPSA) is 63.3 Å². The Hall–Kier alpha value is -2.62. The van der Waals surface area contributed by atoms with Crippen molar-refractivity contribution >= 4 is 16.9 Å². The van der Waals surface area contributed by atoms with Crippen molar-refractivity contribution in [3.05, 3.63) is 65.2 Å². The number of benzene rings is 1. The van der Waals surface area contributed by atoms with Crippen LogP contribution in [0.25, 0.3) is 11.0 Å². The first-order chi connectivity index (χ1) is 11.0. The molecule has 1 N–H and O–H groups in total. The van der Waals surface area contributed by atoms with Gasteiger partial charge in [-0.25, -0.2) is 4.79 Å². The quantitative estimate of drug-likeness (QED) is 0.784. The number of rotatable bonds is 3. The molecule has 1 saturated carbocycles. The van der Waals surface area contributed by atoms with Gasteiger partial charge in [-0.15, -0.1) is 0 Å². The summed E-state index contributed by atoms with van der Waals surface area (Å²) in [5.74, 6) is -0.131. The first-order valence-electron chi connectivity index (χ1n) is 7.68. The molecular weight excluding hydrogens is 290 g/mol. The SMILES string of the molecule is Cc1oc2ccc([C@@H]3C[C@]3(C)c3ccccn3)cc2c1C(=O)O. The molecule has 0 radical (unpaired) electrons. The Labute approximate surface area is 133 Å². The molecule has 1 fully saturated rings. The number of aromatic carboxylic acids is 1. The molecule has 0 spiro atoms. The smallest absolute Gasteiger partial charge is 0.339 e. The predicted octanol–water partition coefficient (Wildman–Crippen LogP) is 4.28. The lowest BCUT2D eigenvalue weighted by Crippen LogP contribution is -2.06. The fourth-order valence-corrected chi connectivity index (χ4v) is 3.55. The summed E-state index contributed by atoms with van der Waals surface area (Å²) in [6.07, 6.45) is 2.84. The van der Waals surface area contributed by atoms with E-state index in [-0.39, 0.29) is 11.0 Å². The van der Waals surface area contributed by atoms with Crippen molar-refractivity contribution in [1.29, 1.82) is 0 Å². The Balaban J connectivity index is 1.77. The molecule has 2 aromatic heterocycles. The predicted molar refractivity (Wildman–Crippen MR) is 86.9 cm³/mol. The molecule has 0 bridgehead atoms. The summed E-state index contributed by atoms with van der Waals surface area (Å²) in [5, 5.41) is 10.1. The second-order valence-corrected chi connectivity index (χ2v) is 6.48. The maximum atomic E-state index is 11.5. The van der Waals surface area contributed by atoms with Crippen molar-refractivity contribution in [2.75, 3.05) is 0 Å². The number of pyridine rings is 1. The lowest BCUT2D eigenvalue weighted by Gasteiger charge is -2.10. The van der Waals surface area contributed by atoms with E-state index in [1.807, 2.05) is 36.5 Å². The normalized spacial score (nSPS) is 23.1. The van der Waals surface area contributed by atoms with E-state index in [1.165, 1.54) is 0 Å². The summed E-state index contributed by atoms with van der Waals surface area (Å²) >= 11 is 0. The van der Waals surface area contributed by atoms with Crippen molar-refractivity contribution < 1.29 is 14.3 Å². The number of carboxylic acids is 1. The first kappa shape index (κ1) is 14.0. The van der Waals surface area contributed by atoms with Gasteiger partial charge in [0.15, 0.2) is 0 Å². The Morgan fingerprint density at radius 2 is 2.17 bits per heavy atom. The minimum atomic E-state index is -0.943. The second kappa shape index (κ2) is 4.69. The third-order valence-electron chi connectivity index (χ3n) is 4.99. The Bertz CT molecular complexity index is 913. The largest absolute Gasteiger partial charge is 0.478 e. The molecule has 4 rings (SSSR count). The number of carboxylic acid groups (broad SMARTS) is 1. The summed E-state index contributed by atoms with van der Waals surface area (Å²) in [7, 11) is 0. The number of furan rings is 1. The van der Waals surface area contributed by atoms with Crippen LogP contribution in [0.1, 0.15) is 46.6 Å². The monoisotopic (exact) mass is 307 g/mol. The summed E-state index contributed by atoms with van der Waals surface area (Å²) in [5.41, 5.74) is 3.16. The fraction of sp³-hybridized carbons (Fsp3) is 0.263. The van der Waals surface area contributed by atoms with Gasteiger partial charge in [0.25, 0.3) is 0 Å². The molecule has 23 heavy (non-hydrogen) atoms. The zero-order valence-electron chi connectivity index (χ0n) is 13.0. The summed E-state index contributed by atoms with van der Waals surface area (Å²) in [6, 6.07) is 11.9. The van der Waals surface area contributed by atoms with E-state index in [0.717, 1.165) is 17.7 Å².